The van der Waals surface area contributed by atoms with E-state index in [0.717, 1.165) is 17.5 Å². The number of aryl methyl sites for hydroxylation is 2. The zero-order valence-corrected chi connectivity index (χ0v) is 18.3. The van der Waals surface area contributed by atoms with Crippen LogP contribution in [0.15, 0.2) is 35.1 Å². The molecule has 0 spiro atoms. The van der Waals surface area contributed by atoms with E-state index >= 15 is 0 Å². The highest BCUT2D eigenvalue weighted by molar-refractivity contribution is 5.83. The Bertz CT molecular complexity index is 1100. The lowest BCUT2D eigenvalue weighted by atomic mass is 10.1. The third-order valence-electron chi connectivity index (χ3n) is 5.05. The summed E-state index contributed by atoms with van der Waals surface area (Å²) in [6.45, 7) is 4.75. The zero-order valence-electron chi connectivity index (χ0n) is 18.3. The number of rotatable bonds is 10. The van der Waals surface area contributed by atoms with Crippen LogP contribution in [-0.4, -0.2) is 55.1 Å². The minimum absolute atomic E-state index is 0.112. The van der Waals surface area contributed by atoms with Gasteiger partial charge in [-0.15, -0.1) is 0 Å². The van der Waals surface area contributed by atoms with Crippen LogP contribution in [0.25, 0.3) is 11.0 Å². The first-order valence-electron chi connectivity index (χ1n) is 10.2. The molecule has 1 aromatic heterocycles. The van der Waals surface area contributed by atoms with E-state index in [9.17, 15) is 9.90 Å². The Morgan fingerprint density at radius 3 is 2.58 bits per heavy atom. The molecular weight excluding hydrogens is 398 g/mol. The molecule has 0 saturated carbocycles. The van der Waals surface area contributed by atoms with Crippen LogP contribution in [0.2, 0.25) is 0 Å². The quantitative estimate of drug-likeness (QED) is 0.426. The van der Waals surface area contributed by atoms with Gasteiger partial charge < -0.3 is 29.6 Å². The van der Waals surface area contributed by atoms with Gasteiger partial charge in [0.2, 0.25) is 0 Å². The minimum Gasteiger partial charge on any atom is -0.493 e. The van der Waals surface area contributed by atoms with Crippen LogP contribution >= 0.6 is 0 Å². The Kier molecular flexibility index (Phi) is 7.49. The van der Waals surface area contributed by atoms with Crippen molar-refractivity contribution in [2.75, 3.05) is 33.9 Å². The molecule has 0 fully saturated rings. The Balaban J connectivity index is 1.51. The summed E-state index contributed by atoms with van der Waals surface area (Å²) in [5.74, 6) is 1.93. The molecule has 3 rings (SSSR count). The van der Waals surface area contributed by atoms with Crippen LogP contribution in [0.5, 0.6) is 17.2 Å². The first-order chi connectivity index (χ1) is 14.9. The summed E-state index contributed by atoms with van der Waals surface area (Å²) >= 11 is 0. The van der Waals surface area contributed by atoms with Crippen molar-refractivity contribution in [2.24, 2.45) is 0 Å². The molecule has 3 aromatic rings. The van der Waals surface area contributed by atoms with E-state index in [1.807, 2.05) is 31.2 Å². The number of methoxy groups -OCH3 is 2. The number of fused-ring (bicyclic) bond motifs is 1. The number of benzene rings is 2. The molecule has 3 N–H and O–H groups in total. The van der Waals surface area contributed by atoms with Crippen molar-refractivity contribution in [1.82, 2.24) is 15.3 Å². The number of H-pyrrole nitrogens is 1. The Morgan fingerprint density at radius 1 is 1.10 bits per heavy atom. The molecule has 0 bridgehead atoms. The van der Waals surface area contributed by atoms with Crippen molar-refractivity contribution >= 4 is 11.0 Å². The van der Waals surface area contributed by atoms with Crippen LogP contribution in [0.4, 0.5) is 0 Å². The van der Waals surface area contributed by atoms with Crippen LogP contribution < -0.4 is 25.1 Å². The van der Waals surface area contributed by atoms with Gasteiger partial charge in [-0.2, -0.15) is 0 Å². The molecule has 0 aliphatic rings. The fourth-order valence-electron chi connectivity index (χ4n) is 3.26. The largest absolute Gasteiger partial charge is 0.493 e. The van der Waals surface area contributed by atoms with E-state index in [4.69, 9.17) is 14.2 Å². The first kappa shape index (κ1) is 22.6. The van der Waals surface area contributed by atoms with Crippen molar-refractivity contribution < 1.29 is 19.3 Å². The van der Waals surface area contributed by atoms with Crippen molar-refractivity contribution in [1.29, 1.82) is 0 Å². The third-order valence-corrected chi connectivity index (χ3v) is 5.05. The lowest BCUT2D eigenvalue weighted by Gasteiger charge is -2.15. The molecule has 31 heavy (non-hydrogen) atoms. The second-order valence-corrected chi connectivity index (χ2v) is 7.36. The fraction of sp³-hybridized carbons (Fsp3) is 0.391. The molecular formula is C23H29N3O5. The third kappa shape index (κ3) is 5.53. The molecule has 1 atom stereocenters. The number of nitrogens with one attached hydrogen (secondary N) is 2. The Morgan fingerprint density at radius 2 is 1.84 bits per heavy atom. The van der Waals surface area contributed by atoms with E-state index in [1.165, 1.54) is 0 Å². The van der Waals surface area contributed by atoms with Gasteiger partial charge >= 0.3 is 0 Å². The van der Waals surface area contributed by atoms with Crippen molar-refractivity contribution in [3.05, 3.63) is 57.5 Å². The maximum Gasteiger partial charge on any atom is 0.269 e. The Hall–Kier alpha value is -3.10. The number of aliphatic hydroxyl groups excluding tert-OH is 1. The van der Waals surface area contributed by atoms with Crippen molar-refractivity contribution in [2.45, 2.75) is 26.4 Å². The maximum absolute atomic E-state index is 11.9. The predicted molar refractivity (Wildman–Crippen MR) is 119 cm³/mol. The van der Waals surface area contributed by atoms with Gasteiger partial charge in [0, 0.05) is 6.54 Å². The molecule has 8 heteroatoms. The topological polar surface area (TPSA) is 106 Å². The lowest BCUT2D eigenvalue weighted by molar-refractivity contribution is 0.107. The molecule has 0 aliphatic heterocycles. The van der Waals surface area contributed by atoms with E-state index in [1.54, 1.807) is 27.2 Å². The number of hydrogen-bond donors (Lipinski definition) is 3. The SMILES string of the molecule is COc1ccc(CCNCC(O)COc2ccc(C)c3[nH]c(=O)c(C)nc23)cc1OC. The molecule has 1 heterocycles. The molecule has 0 radical (unpaired) electrons. The average Bonchev–Trinajstić information content (AvgIpc) is 2.77. The summed E-state index contributed by atoms with van der Waals surface area (Å²) in [5, 5.41) is 13.5. The van der Waals surface area contributed by atoms with Crippen LogP contribution in [0.1, 0.15) is 16.8 Å². The highest BCUT2D eigenvalue weighted by Crippen LogP contribution is 2.27. The number of aromatic nitrogens is 2. The number of aliphatic hydroxyl groups is 1. The normalized spacial score (nSPS) is 12.0. The summed E-state index contributed by atoms with van der Waals surface area (Å²) in [6.07, 6.45) is 0.0956. The Labute approximate surface area is 181 Å². The van der Waals surface area contributed by atoms with Gasteiger partial charge in [0.15, 0.2) is 11.5 Å². The summed E-state index contributed by atoms with van der Waals surface area (Å²) < 4.78 is 16.4. The van der Waals surface area contributed by atoms with Crippen LogP contribution in [0.3, 0.4) is 0 Å². The summed E-state index contributed by atoms with van der Waals surface area (Å²) in [6, 6.07) is 9.48. The molecule has 1 unspecified atom stereocenters. The number of ether oxygens (including phenoxy) is 3. The van der Waals surface area contributed by atoms with E-state index in [2.05, 4.69) is 15.3 Å². The highest BCUT2D eigenvalue weighted by atomic mass is 16.5. The molecule has 166 valence electrons. The smallest absolute Gasteiger partial charge is 0.269 e. The summed E-state index contributed by atoms with van der Waals surface area (Å²) in [7, 11) is 3.22. The monoisotopic (exact) mass is 427 g/mol. The second kappa shape index (κ2) is 10.3. The van der Waals surface area contributed by atoms with Crippen molar-refractivity contribution in [3.8, 4) is 17.2 Å². The van der Waals surface area contributed by atoms with Gasteiger partial charge in [0.05, 0.1) is 19.7 Å². The molecule has 0 saturated heterocycles. The molecule has 2 aromatic carbocycles. The first-order valence-corrected chi connectivity index (χ1v) is 10.2. The van der Waals surface area contributed by atoms with E-state index in [-0.39, 0.29) is 12.2 Å². The minimum atomic E-state index is -0.689. The number of nitrogens with zero attached hydrogens (tertiary/aromatic N) is 1. The number of hydrogen-bond acceptors (Lipinski definition) is 7. The number of aromatic amines is 1. The van der Waals surface area contributed by atoms with Gasteiger partial charge in [0.1, 0.15) is 29.7 Å². The van der Waals surface area contributed by atoms with Crippen LogP contribution in [-0.2, 0) is 6.42 Å². The van der Waals surface area contributed by atoms with Gasteiger partial charge in [-0.05, 0) is 56.1 Å². The molecule has 8 nitrogen and oxygen atoms in total. The van der Waals surface area contributed by atoms with E-state index < -0.39 is 6.10 Å². The fourth-order valence-corrected chi connectivity index (χ4v) is 3.26. The molecule has 0 amide bonds. The second-order valence-electron chi connectivity index (χ2n) is 7.36. The zero-order chi connectivity index (χ0) is 22.4. The van der Waals surface area contributed by atoms with Gasteiger partial charge in [-0.25, -0.2) is 4.98 Å². The standard InChI is InChI=1S/C23H29N3O5/c1-14-5-7-19(22-21(14)26-23(28)15(2)25-22)31-13-17(27)12-24-10-9-16-6-8-18(29-3)20(11-16)30-4/h5-8,11,17,24,27H,9-10,12-13H2,1-4H3,(H,26,28). The van der Waals surface area contributed by atoms with E-state index in [0.29, 0.717) is 47.1 Å². The predicted octanol–water partition coefficient (Wildman–Crippen LogP) is 2.13. The van der Waals surface area contributed by atoms with Gasteiger partial charge in [-0.3, -0.25) is 4.79 Å². The average molecular weight is 428 g/mol. The summed E-state index contributed by atoms with van der Waals surface area (Å²) in [5.41, 5.74) is 3.41. The van der Waals surface area contributed by atoms with Gasteiger partial charge in [-0.1, -0.05) is 12.1 Å². The molecule has 0 aliphatic carbocycles. The van der Waals surface area contributed by atoms with Crippen LogP contribution in [0, 0.1) is 13.8 Å². The van der Waals surface area contributed by atoms with Crippen molar-refractivity contribution in [3.63, 3.8) is 0 Å². The maximum atomic E-state index is 11.9. The highest BCUT2D eigenvalue weighted by Gasteiger charge is 2.12. The summed E-state index contributed by atoms with van der Waals surface area (Å²) in [4.78, 5) is 19.1. The van der Waals surface area contributed by atoms with Gasteiger partial charge in [0.25, 0.3) is 5.56 Å². The lowest BCUT2D eigenvalue weighted by Crippen LogP contribution is -2.32.